The first-order valence-electron chi connectivity index (χ1n) is 13.3. The number of fused-ring (bicyclic) bond motifs is 1. The quantitative estimate of drug-likeness (QED) is 0.225. The fourth-order valence-electron chi connectivity index (χ4n) is 5.49. The molecule has 1 saturated heterocycles. The highest BCUT2D eigenvalue weighted by Gasteiger charge is 2.48. The number of rotatable bonds is 9. The van der Waals surface area contributed by atoms with Gasteiger partial charge in [-0.3, -0.25) is 15.9 Å². The van der Waals surface area contributed by atoms with Crippen LogP contribution in [0.15, 0.2) is 94.9 Å². The van der Waals surface area contributed by atoms with Crippen molar-refractivity contribution in [3.63, 3.8) is 0 Å². The van der Waals surface area contributed by atoms with E-state index < -0.39 is 39.2 Å². The molecule has 0 aliphatic carbocycles. The number of nitrogens with zero attached hydrogens (tertiary/aromatic N) is 4. The second-order valence-corrected chi connectivity index (χ2v) is 10.8. The molecule has 0 spiro atoms. The van der Waals surface area contributed by atoms with Gasteiger partial charge in [0.25, 0.3) is 8.53 Å². The van der Waals surface area contributed by atoms with Crippen molar-refractivity contribution >= 4 is 27.0 Å². The van der Waals surface area contributed by atoms with Gasteiger partial charge >= 0.3 is 0 Å². The average Bonchev–Trinajstić information content (AvgIpc) is 3.59. The summed E-state index contributed by atoms with van der Waals surface area (Å²) in [6.45, 7) is 0.143. The number of nitrogens with two attached hydrogens (primary N) is 1. The van der Waals surface area contributed by atoms with Crippen molar-refractivity contribution in [2.75, 3.05) is 6.61 Å². The van der Waals surface area contributed by atoms with E-state index in [-0.39, 0.29) is 18.4 Å². The summed E-state index contributed by atoms with van der Waals surface area (Å²) in [4.78, 5) is 19.7. The molecule has 3 aromatic carbocycles. The van der Waals surface area contributed by atoms with Gasteiger partial charge in [0, 0.05) is 12.3 Å². The molecule has 0 radical (unpaired) electrons. The van der Waals surface area contributed by atoms with Crippen molar-refractivity contribution in [1.82, 2.24) is 9.96 Å². The second-order valence-electron chi connectivity index (χ2n) is 10.0. The van der Waals surface area contributed by atoms with Crippen LogP contribution in [0, 0.1) is 5.41 Å². The van der Waals surface area contributed by atoms with Gasteiger partial charge in [-0.2, -0.15) is 0 Å². The second kappa shape index (κ2) is 12.0. The van der Waals surface area contributed by atoms with Gasteiger partial charge in [0.1, 0.15) is 31.0 Å². The molecule has 1 fully saturated rings. The molecule has 0 aromatic heterocycles. The zero-order valence-corrected chi connectivity index (χ0v) is 22.9. The molecule has 3 unspecified atom stereocenters. The fourth-order valence-corrected chi connectivity index (χ4v) is 5.83. The van der Waals surface area contributed by atoms with Crippen molar-refractivity contribution in [3.8, 4) is 5.75 Å². The molecule has 3 aliphatic rings. The first kappa shape index (κ1) is 27.5. The highest BCUT2D eigenvalue weighted by Crippen LogP contribution is 2.35. The van der Waals surface area contributed by atoms with E-state index >= 15 is 0 Å². The molecule has 212 valence electrons. The van der Waals surface area contributed by atoms with Crippen LogP contribution < -0.4 is 10.2 Å². The van der Waals surface area contributed by atoms with Crippen LogP contribution >= 0.6 is 8.53 Å². The largest absolute Gasteiger partial charge is 0.491 e. The molecule has 5 N–H and O–H groups in total. The van der Waals surface area contributed by atoms with E-state index in [2.05, 4.69) is 40.3 Å². The summed E-state index contributed by atoms with van der Waals surface area (Å²) < 4.78 is 17.7. The number of benzene rings is 3. The van der Waals surface area contributed by atoms with Gasteiger partial charge in [-0.05, 0) is 28.8 Å². The molecule has 12 heteroatoms. The third-order valence-electron chi connectivity index (χ3n) is 7.39. The third-order valence-corrected chi connectivity index (χ3v) is 7.74. The Morgan fingerprint density at radius 1 is 1.00 bits per heavy atom. The van der Waals surface area contributed by atoms with Crippen molar-refractivity contribution in [2.24, 2.45) is 15.5 Å². The lowest BCUT2D eigenvalue weighted by Gasteiger charge is -2.39. The Bertz CT molecular complexity index is 1370. The smallest absolute Gasteiger partial charge is 0.275 e. The number of hydrogen-bond donors (Lipinski definition) is 4. The fraction of sp³-hybridized carbons (Fsp3) is 0.276. The molecular weight excluding hydrogens is 543 g/mol. The summed E-state index contributed by atoms with van der Waals surface area (Å²) in [5, 5.41) is 20.3. The molecule has 6 atom stereocenters. The summed E-state index contributed by atoms with van der Waals surface area (Å²) in [7, 11) is -2.21. The maximum Gasteiger partial charge on any atom is 0.275 e. The van der Waals surface area contributed by atoms with Crippen molar-refractivity contribution in [3.05, 3.63) is 102 Å². The van der Waals surface area contributed by atoms with E-state index in [1.54, 1.807) is 11.2 Å². The van der Waals surface area contributed by atoms with Gasteiger partial charge in [-0.15, -0.1) is 0 Å². The number of hydrogen-bond acceptors (Lipinski definition) is 10. The van der Waals surface area contributed by atoms with Crippen molar-refractivity contribution in [1.29, 1.82) is 5.41 Å². The maximum absolute atomic E-state index is 10.9. The number of aliphatic imine (C=N–C) groups is 2. The summed E-state index contributed by atoms with van der Waals surface area (Å²) in [6, 6.07) is 28.1. The zero-order chi connectivity index (χ0) is 28.3. The van der Waals surface area contributed by atoms with E-state index in [0.717, 1.165) is 5.56 Å². The molecule has 3 heterocycles. The van der Waals surface area contributed by atoms with E-state index in [4.69, 9.17) is 25.0 Å². The van der Waals surface area contributed by atoms with Gasteiger partial charge in [-0.1, -0.05) is 72.8 Å². The normalized spacial score (nSPS) is 26.0. The predicted molar refractivity (Wildman–Crippen MR) is 155 cm³/mol. The van der Waals surface area contributed by atoms with E-state index in [1.165, 1.54) is 22.5 Å². The number of aliphatic hydroxyl groups excluding tert-OH is 1. The molecule has 0 amide bonds. The van der Waals surface area contributed by atoms with Crippen LogP contribution in [0.1, 0.15) is 29.0 Å². The molecule has 11 nitrogen and oxygen atoms in total. The van der Waals surface area contributed by atoms with Gasteiger partial charge in [0.05, 0.1) is 12.4 Å². The van der Waals surface area contributed by atoms with Crippen LogP contribution in [0.4, 0.5) is 0 Å². The first-order chi connectivity index (χ1) is 20.0. The Hall–Kier alpha value is -3.70. The van der Waals surface area contributed by atoms with E-state index in [0.29, 0.717) is 12.2 Å². The lowest BCUT2D eigenvalue weighted by Crippen LogP contribution is -2.56. The molecule has 41 heavy (non-hydrogen) atoms. The third kappa shape index (κ3) is 5.87. The molecule has 3 aliphatic heterocycles. The molecule has 6 rings (SSSR count). The van der Waals surface area contributed by atoms with Gasteiger partial charge in [0.2, 0.25) is 0 Å². The van der Waals surface area contributed by atoms with Gasteiger partial charge < -0.3 is 24.4 Å². The minimum absolute atomic E-state index is 0.0393. The Balaban J connectivity index is 1.15. The van der Waals surface area contributed by atoms with Crippen LogP contribution in [-0.4, -0.2) is 75.7 Å². The number of hydroxylamine groups is 2. The van der Waals surface area contributed by atoms with Crippen LogP contribution in [0.5, 0.6) is 5.75 Å². The van der Waals surface area contributed by atoms with E-state index in [9.17, 15) is 10.00 Å². The lowest BCUT2D eigenvalue weighted by atomic mass is 9.85. The number of aliphatic hydroxyl groups is 1. The first-order valence-corrected chi connectivity index (χ1v) is 14.6. The highest BCUT2D eigenvalue weighted by atomic mass is 31.2. The number of ether oxygens (including phenoxy) is 2. The van der Waals surface area contributed by atoms with Gasteiger partial charge in [0.15, 0.2) is 18.0 Å². The van der Waals surface area contributed by atoms with Crippen molar-refractivity contribution in [2.45, 2.75) is 43.0 Å². The van der Waals surface area contributed by atoms with Crippen LogP contribution in [0.2, 0.25) is 0 Å². The Morgan fingerprint density at radius 2 is 1.68 bits per heavy atom. The molecular formula is C29H31N6O5P. The van der Waals surface area contributed by atoms with E-state index in [1.807, 2.05) is 54.6 Å². The average molecular weight is 575 g/mol. The highest BCUT2D eigenvalue weighted by molar-refractivity contribution is 7.43. The molecule has 0 saturated carbocycles. The topological polar surface area (TPSA) is 149 Å². The zero-order valence-electron chi connectivity index (χ0n) is 22.0. The van der Waals surface area contributed by atoms with Crippen molar-refractivity contribution < 1.29 is 24.1 Å². The Kier molecular flexibility index (Phi) is 8.06. The van der Waals surface area contributed by atoms with Crippen LogP contribution in [0.3, 0.4) is 0 Å². The summed E-state index contributed by atoms with van der Waals surface area (Å²) in [6.07, 6.45) is 0.587. The van der Waals surface area contributed by atoms with Crippen LogP contribution in [-0.2, 0) is 9.36 Å². The SMILES string of the molecule is N=C1N=CN(OP(N)O)C2C1N=CN2[C@H]1C[C@H](O)[C@@H](COc2cccc(C(c3ccccc3)c3ccccc3)c2)O1. The Labute approximate surface area is 238 Å². The number of amidine groups is 1. The predicted octanol–water partition coefficient (Wildman–Crippen LogP) is 3.19. The minimum atomic E-state index is -2.21. The summed E-state index contributed by atoms with van der Waals surface area (Å²) in [5.74, 6) is 0.769. The maximum atomic E-state index is 10.9. The number of nitrogens with one attached hydrogen (secondary N) is 1. The minimum Gasteiger partial charge on any atom is -0.491 e. The van der Waals surface area contributed by atoms with Gasteiger partial charge in [-0.25, -0.2) is 14.7 Å². The molecule has 3 aromatic rings. The lowest BCUT2D eigenvalue weighted by molar-refractivity contribution is -0.117. The monoisotopic (exact) mass is 574 g/mol. The summed E-state index contributed by atoms with van der Waals surface area (Å²) >= 11 is 0. The molecule has 0 bridgehead atoms. The summed E-state index contributed by atoms with van der Waals surface area (Å²) in [5.41, 5.74) is 8.92. The Morgan fingerprint density at radius 3 is 2.37 bits per heavy atom. The van der Waals surface area contributed by atoms with Crippen LogP contribution in [0.25, 0.3) is 0 Å². The standard InChI is InChI=1S/C29H31N6O5P/c30-28-27-29(35(18-33-28)40-41(31)37)34(17-32-27)25-15-23(36)24(39-25)16-38-22-13-7-12-21(14-22)26(19-8-3-1-4-9-19)20-10-5-2-6-11-20/h1-14,17-18,23-27,29-30,36-37H,15-16,31H2/t23-,24+,25+,27?,29?,41?/m0/s1.